The van der Waals surface area contributed by atoms with Gasteiger partial charge in [-0.25, -0.2) is 0 Å². The number of likely N-dealkylation sites (N-methyl/N-ethyl adjacent to an activating group) is 1. The highest BCUT2D eigenvalue weighted by Crippen LogP contribution is 2.15. The van der Waals surface area contributed by atoms with Gasteiger partial charge in [-0.05, 0) is 5.56 Å². The van der Waals surface area contributed by atoms with Crippen LogP contribution in [0.4, 0.5) is 0 Å². The molecule has 4 amide bonds. The molecule has 2 saturated heterocycles. The molecule has 3 rings (SSSR count). The van der Waals surface area contributed by atoms with Gasteiger partial charge in [-0.15, -0.1) is 0 Å². The van der Waals surface area contributed by atoms with Gasteiger partial charge in [0.1, 0.15) is 25.8 Å². The van der Waals surface area contributed by atoms with E-state index in [-0.39, 0.29) is 38.1 Å². The normalized spacial score (nSPS) is 21.0. The quantitative estimate of drug-likeness (QED) is 0.639. The average molecular weight is 388 g/mol. The molecule has 0 spiro atoms. The van der Waals surface area contributed by atoms with Crippen LogP contribution < -0.4 is 5.32 Å². The summed E-state index contributed by atoms with van der Waals surface area (Å²) in [6.45, 7) is 1.02. The third kappa shape index (κ3) is 4.55. The lowest BCUT2D eigenvalue weighted by Crippen LogP contribution is -2.61. The summed E-state index contributed by atoms with van der Waals surface area (Å²) in [5.74, 6) is -1.56. The summed E-state index contributed by atoms with van der Waals surface area (Å²) in [6.07, 6.45) is 0. The van der Waals surface area contributed by atoms with Crippen molar-refractivity contribution in [2.75, 3.05) is 46.4 Å². The van der Waals surface area contributed by atoms with E-state index in [2.05, 4.69) is 5.32 Å². The zero-order valence-corrected chi connectivity index (χ0v) is 15.8. The molecule has 0 saturated carbocycles. The van der Waals surface area contributed by atoms with Crippen LogP contribution in [0.15, 0.2) is 30.3 Å². The topological polar surface area (TPSA) is 99.3 Å². The van der Waals surface area contributed by atoms with E-state index in [1.165, 1.54) is 4.90 Å². The minimum atomic E-state index is -0.518. The Hall–Kier alpha value is -2.78. The Bertz CT molecular complexity index is 738. The van der Waals surface area contributed by atoms with Crippen molar-refractivity contribution in [2.24, 2.45) is 0 Å². The molecule has 9 nitrogen and oxygen atoms in total. The van der Waals surface area contributed by atoms with Crippen molar-refractivity contribution in [3.63, 3.8) is 0 Å². The molecular weight excluding hydrogens is 364 g/mol. The van der Waals surface area contributed by atoms with Crippen LogP contribution in [-0.4, -0.2) is 90.8 Å². The third-order valence-electron chi connectivity index (χ3n) is 4.97. The number of carbonyl (C=O) groups is 4. The van der Waals surface area contributed by atoms with Crippen molar-refractivity contribution >= 4 is 23.6 Å². The number of benzene rings is 1. The maximum Gasteiger partial charge on any atom is 0.255 e. The van der Waals surface area contributed by atoms with E-state index in [4.69, 9.17) is 4.74 Å². The van der Waals surface area contributed by atoms with E-state index in [1.807, 2.05) is 35.2 Å². The summed E-state index contributed by atoms with van der Waals surface area (Å²) in [5, 5.41) is 2.65. The summed E-state index contributed by atoms with van der Waals surface area (Å²) in [7, 11) is 1.56. The fourth-order valence-corrected chi connectivity index (χ4v) is 3.40. The molecular formula is C19H24N4O5. The number of piperazine rings is 1. The summed E-state index contributed by atoms with van der Waals surface area (Å²) in [5.41, 5.74) is 1.08. The fraction of sp³-hybridized carbons (Fsp3) is 0.474. The monoisotopic (exact) mass is 388 g/mol. The lowest BCUT2D eigenvalue weighted by atomic mass is 10.1. The van der Waals surface area contributed by atoms with Crippen LogP contribution in [0.1, 0.15) is 5.56 Å². The number of imide groups is 1. The van der Waals surface area contributed by atoms with E-state index in [1.54, 1.807) is 7.05 Å². The van der Waals surface area contributed by atoms with Gasteiger partial charge in [0.05, 0.1) is 0 Å². The lowest BCUT2D eigenvalue weighted by molar-refractivity contribution is -0.162. The van der Waals surface area contributed by atoms with Gasteiger partial charge in [0.2, 0.25) is 11.8 Å². The standard InChI is InChI=1S/C19H24N4O5/c1-20-19(27)15-10-22(8-7-21(15)9-14-5-3-2-4-6-14)16(24)11-23-17(25)12-28-13-18(23)26/h2-6,15H,7-13H2,1H3,(H,20,27). The third-order valence-corrected chi connectivity index (χ3v) is 4.97. The fourth-order valence-electron chi connectivity index (χ4n) is 3.40. The van der Waals surface area contributed by atoms with Gasteiger partial charge in [-0.2, -0.15) is 0 Å². The van der Waals surface area contributed by atoms with Crippen LogP contribution in [0.3, 0.4) is 0 Å². The van der Waals surface area contributed by atoms with E-state index in [9.17, 15) is 19.2 Å². The first-order chi connectivity index (χ1) is 13.5. The molecule has 2 heterocycles. The van der Waals surface area contributed by atoms with Gasteiger partial charge in [-0.1, -0.05) is 30.3 Å². The number of hydrogen-bond acceptors (Lipinski definition) is 6. The molecule has 1 N–H and O–H groups in total. The summed E-state index contributed by atoms with van der Waals surface area (Å²) >= 11 is 0. The number of amides is 4. The van der Waals surface area contributed by atoms with E-state index >= 15 is 0 Å². The first-order valence-electron chi connectivity index (χ1n) is 9.18. The number of morpholine rings is 1. The predicted molar refractivity (Wildman–Crippen MR) is 98.8 cm³/mol. The summed E-state index contributed by atoms with van der Waals surface area (Å²) < 4.78 is 4.86. The minimum Gasteiger partial charge on any atom is -0.362 e. The molecule has 1 unspecified atom stereocenters. The molecule has 0 radical (unpaired) electrons. The molecule has 9 heteroatoms. The second kappa shape index (κ2) is 8.94. The first kappa shape index (κ1) is 20.0. The van der Waals surface area contributed by atoms with Gasteiger partial charge >= 0.3 is 0 Å². The van der Waals surface area contributed by atoms with Crippen LogP contribution in [0.5, 0.6) is 0 Å². The van der Waals surface area contributed by atoms with E-state index in [0.717, 1.165) is 10.5 Å². The molecule has 0 bridgehead atoms. The number of carbonyl (C=O) groups excluding carboxylic acids is 4. The maximum atomic E-state index is 12.7. The van der Waals surface area contributed by atoms with Crippen LogP contribution in [0, 0.1) is 0 Å². The summed E-state index contributed by atoms with van der Waals surface area (Å²) in [6, 6.07) is 9.31. The highest BCUT2D eigenvalue weighted by Gasteiger charge is 2.36. The van der Waals surface area contributed by atoms with Crippen molar-refractivity contribution in [1.29, 1.82) is 0 Å². The molecule has 1 aromatic rings. The zero-order valence-electron chi connectivity index (χ0n) is 15.8. The number of hydrogen-bond donors (Lipinski definition) is 1. The number of nitrogens with zero attached hydrogens (tertiary/aromatic N) is 3. The highest BCUT2D eigenvalue weighted by atomic mass is 16.5. The Morgan fingerprint density at radius 2 is 1.79 bits per heavy atom. The Balaban J connectivity index is 1.66. The number of rotatable bonds is 5. The van der Waals surface area contributed by atoms with E-state index in [0.29, 0.717) is 19.6 Å². The highest BCUT2D eigenvalue weighted by molar-refractivity contribution is 6.01. The second-order valence-corrected chi connectivity index (χ2v) is 6.79. The van der Waals surface area contributed by atoms with Crippen LogP contribution in [0.2, 0.25) is 0 Å². The Morgan fingerprint density at radius 1 is 1.11 bits per heavy atom. The van der Waals surface area contributed by atoms with E-state index < -0.39 is 17.9 Å². The molecule has 2 aliphatic rings. The molecule has 0 aromatic heterocycles. The predicted octanol–water partition coefficient (Wildman–Crippen LogP) is -1.17. The van der Waals surface area contributed by atoms with Crippen molar-refractivity contribution in [2.45, 2.75) is 12.6 Å². The molecule has 1 atom stereocenters. The largest absolute Gasteiger partial charge is 0.362 e. The van der Waals surface area contributed by atoms with Gasteiger partial charge in [0.25, 0.3) is 11.8 Å². The van der Waals surface area contributed by atoms with Gasteiger partial charge < -0.3 is 15.0 Å². The maximum absolute atomic E-state index is 12.7. The molecule has 1 aromatic carbocycles. The molecule has 2 fully saturated rings. The van der Waals surface area contributed by atoms with Crippen LogP contribution >= 0.6 is 0 Å². The van der Waals surface area contributed by atoms with Gasteiger partial charge in [-0.3, -0.25) is 29.0 Å². The van der Waals surface area contributed by atoms with Gasteiger partial charge in [0.15, 0.2) is 0 Å². The average Bonchev–Trinajstić information content (AvgIpc) is 2.71. The smallest absolute Gasteiger partial charge is 0.255 e. The second-order valence-electron chi connectivity index (χ2n) is 6.79. The van der Waals surface area contributed by atoms with Crippen molar-refractivity contribution in [1.82, 2.24) is 20.0 Å². The molecule has 0 aliphatic carbocycles. The minimum absolute atomic E-state index is 0.174. The first-order valence-corrected chi connectivity index (χ1v) is 9.18. The van der Waals surface area contributed by atoms with Crippen LogP contribution in [0.25, 0.3) is 0 Å². The Morgan fingerprint density at radius 3 is 2.43 bits per heavy atom. The molecule has 2 aliphatic heterocycles. The lowest BCUT2D eigenvalue weighted by Gasteiger charge is -2.41. The van der Waals surface area contributed by atoms with Crippen molar-refractivity contribution in [3.8, 4) is 0 Å². The Labute approximate surface area is 163 Å². The molecule has 28 heavy (non-hydrogen) atoms. The zero-order chi connectivity index (χ0) is 20.1. The van der Waals surface area contributed by atoms with Crippen LogP contribution in [-0.2, 0) is 30.5 Å². The SMILES string of the molecule is CNC(=O)C1CN(C(=O)CN2C(=O)COCC2=O)CCN1Cc1ccccc1. The van der Waals surface area contributed by atoms with Gasteiger partial charge in [0, 0.05) is 33.2 Å². The Kier molecular flexibility index (Phi) is 6.37. The number of ether oxygens (including phenoxy) is 1. The number of nitrogens with one attached hydrogen (secondary N) is 1. The van der Waals surface area contributed by atoms with Crippen molar-refractivity contribution in [3.05, 3.63) is 35.9 Å². The summed E-state index contributed by atoms with van der Waals surface area (Å²) in [4.78, 5) is 53.2. The molecule has 150 valence electrons. The van der Waals surface area contributed by atoms with Crippen molar-refractivity contribution < 1.29 is 23.9 Å².